The lowest BCUT2D eigenvalue weighted by Gasteiger charge is -2.25. The second-order valence-corrected chi connectivity index (χ2v) is 3.25. The molecule has 1 aliphatic rings. The number of hydrogen-bond donors (Lipinski definition) is 1. The quantitative estimate of drug-likeness (QED) is 0.686. The predicted molar refractivity (Wildman–Crippen MR) is 50.2 cm³/mol. The standard InChI is InChI=1S/C9H13N3O2/c13-8(9-10-1-2-11-9)7-12-3-5-14-6-4-12/h1-2H,3-7H2,(H,10,11). The first kappa shape index (κ1) is 9.36. The highest BCUT2D eigenvalue weighted by Gasteiger charge is 2.16. The van der Waals surface area contributed by atoms with Crippen LogP contribution >= 0.6 is 0 Å². The number of ketones is 1. The van der Waals surface area contributed by atoms with Crippen molar-refractivity contribution < 1.29 is 9.53 Å². The van der Waals surface area contributed by atoms with Gasteiger partial charge in [-0.3, -0.25) is 9.69 Å². The molecule has 1 saturated heterocycles. The molecule has 76 valence electrons. The van der Waals surface area contributed by atoms with Crippen molar-refractivity contribution in [2.75, 3.05) is 32.8 Å². The van der Waals surface area contributed by atoms with E-state index in [4.69, 9.17) is 4.74 Å². The molecule has 1 fully saturated rings. The molecule has 0 atom stereocenters. The van der Waals surface area contributed by atoms with E-state index in [0.29, 0.717) is 25.6 Å². The van der Waals surface area contributed by atoms with Gasteiger partial charge in [-0.1, -0.05) is 0 Å². The Bertz CT molecular complexity index is 291. The molecule has 0 radical (unpaired) electrons. The van der Waals surface area contributed by atoms with Crippen molar-refractivity contribution in [3.05, 3.63) is 18.2 Å². The first-order valence-corrected chi connectivity index (χ1v) is 4.69. The summed E-state index contributed by atoms with van der Waals surface area (Å²) in [6.45, 7) is 3.51. The number of nitrogens with zero attached hydrogens (tertiary/aromatic N) is 2. The van der Waals surface area contributed by atoms with Crippen LogP contribution in [0, 0.1) is 0 Å². The van der Waals surface area contributed by atoms with Crippen LogP contribution < -0.4 is 0 Å². The first-order chi connectivity index (χ1) is 6.86. The van der Waals surface area contributed by atoms with E-state index in [0.717, 1.165) is 13.1 Å². The molecule has 0 amide bonds. The number of hydrogen-bond acceptors (Lipinski definition) is 4. The molecule has 1 aliphatic heterocycles. The average molecular weight is 195 g/mol. The Morgan fingerprint density at radius 2 is 2.36 bits per heavy atom. The second kappa shape index (κ2) is 4.34. The van der Waals surface area contributed by atoms with Gasteiger partial charge in [0, 0.05) is 25.5 Å². The van der Waals surface area contributed by atoms with E-state index >= 15 is 0 Å². The molecule has 0 bridgehead atoms. The largest absolute Gasteiger partial charge is 0.379 e. The van der Waals surface area contributed by atoms with Crippen molar-refractivity contribution in [1.29, 1.82) is 0 Å². The summed E-state index contributed by atoms with van der Waals surface area (Å²) >= 11 is 0. The van der Waals surface area contributed by atoms with Gasteiger partial charge in [0.25, 0.3) is 0 Å². The minimum absolute atomic E-state index is 0.0388. The van der Waals surface area contributed by atoms with Crippen LogP contribution in [0.1, 0.15) is 10.6 Å². The van der Waals surface area contributed by atoms with Crippen LogP contribution in [0.5, 0.6) is 0 Å². The fourth-order valence-electron chi connectivity index (χ4n) is 1.46. The van der Waals surface area contributed by atoms with E-state index in [1.54, 1.807) is 12.4 Å². The smallest absolute Gasteiger partial charge is 0.211 e. The Balaban J connectivity index is 1.87. The molecule has 0 aromatic carbocycles. The third-order valence-corrected chi connectivity index (χ3v) is 2.23. The number of imidazole rings is 1. The maximum Gasteiger partial charge on any atom is 0.211 e. The summed E-state index contributed by atoms with van der Waals surface area (Å²) in [7, 11) is 0. The predicted octanol–water partition coefficient (Wildman–Crippen LogP) is -0.0754. The lowest BCUT2D eigenvalue weighted by Crippen LogP contribution is -2.39. The first-order valence-electron chi connectivity index (χ1n) is 4.69. The van der Waals surface area contributed by atoms with Crippen LogP contribution in [-0.2, 0) is 4.74 Å². The summed E-state index contributed by atoms with van der Waals surface area (Å²) in [6, 6.07) is 0. The Labute approximate surface area is 82.1 Å². The number of H-pyrrole nitrogens is 1. The van der Waals surface area contributed by atoms with E-state index < -0.39 is 0 Å². The van der Waals surface area contributed by atoms with Crippen LogP contribution in [0.3, 0.4) is 0 Å². The maximum atomic E-state index is 11.6. The molecule has 0 unspecified atom stereocenters. The van der Waals surface area contributed by atoms with Gasteiger partial charge in [-0.05, 0) is 0 Å². The van der Waals surface area contributed by atoms with Crippen LogP contribution in [0.2, 0.25) is 0 Å². The van der Waals surface area contributed by atoms with Crippen molar-refractivity contribution in [3.63, 3.8) is 0 Å². The highest BCUT2D eigenvalue weighted by Crippen LogP contribution is 1.99. The van der Waals surface area contributed by atoms with Crippen LogP contribution in [0.15, 0.2) is 12.4 Å². The second-order valence-electron chi connectivity index (χ2n) is 3.25. The lowest BCUT2D eigenvalue weighted by atomic mass is 10.3. The van der Waals surface area contributed by atoms with Crippen molar-refractivity contribution in [2.24, 2.45) is 0 Å². The molecule has 0 aliphatic carbocycles. The number of rotatable bonds is 3. The average Bonchev–Trinajstić information content (AvgIpc) is 2.72. The SMILES string of the molecule is O=C(CN1CCOCC1)c1ncc[nH]1. The summed E-state index contributed by atoms with van der Waals surface area (Å²) < 4.78 is 5.20. The zero-order chi connectivity index (χ0) is 9.80. The highest BCUT2D eigenvalue weighted by atomic mass is 16.5. The molecular formula is C9H13N3O2. The fraction of sp³-hybridized carbons (Fsp3) is 0.556. The van der Waals surface area contributed by atoms with Gasteiger partial charge in [-0.2, -0.15) is 0 Å². The number of nitrogens with one attached hydrogen (secondary N) is 1. The van der Waals surface area contributed by atoms with Gasteiger partial charge in [0.2, 0.25) is 5.78 Å². The number of Topliss-reactive ketones (excluding diaryl/α,β-unsaturated/α-hetero) is 1. The Hall–Kier alpha value is -1.20. The van der Waals surface area contributed by atoms with Gasteiger partial charge in [-0.15, -0.1) is 0 Å². The van der Waals surface area contributed by atoms with Gasteiger partial charge >= 0.3 is 0 Å². The zero-order valence-corrected chi connectivity index (χ0v) is 7.90. The van der Waals surface area contributed by atoms with E-state index in [2.05, 4.69) is 14.9 Å². The van der Waals surface area contributed by atoms with Crippen LogP contribution in [0.4, 0.5) is 0 Å². The lowest BCUT2D eigenvalue weighted by molar-refractivity contribution is 0.0369. The van der Waals surface area contributed by atoms with Crippen molar-refractivity contribution >= 4 is 5.78 Å². The molecule has 2 heterocycles. The van der Waals surface area contributed by atoms with Gasteiger partial charge in [-0.25, -0.2) is 4.98 Å². The van der Waals surface area contributed by atoms with Crippen molar-refractivity contribution in [3.8, 4) is 0 Å². The van der Waals surface area contributed by atoms with E-state index in [9.17, 15) is 4.79 Å². The summed E-state index contributed by atoms with van der Waals surface area (Å²) in [5.74, 6) is 0.480. The summed E-state index contributed by atoms with van der Waals surface area (Å²) in [6.07, 6.45) is 3.25. The van der Waals surface area contributed by atoms with Crippen molar-refractivity contribution in [2.45, 2.75) is 0 Å². The number of ether oxygens (including phenoxy) is 1. The monoisotopic (exact) mass is 195 g/mol. The molecule has 1 aromatic rings. The normalized spacial score (nSPS) is 18.3. The molecule has 0 spiro atoms. The third-order valence-electron chi connectivity index (χ3n) is 2.23. The Morgan fingerprint density at radius 1 is 1.57 bits per heavy atom. The minimum Gasteiger partial charge on any atom is -0.379 e. The summed E-state index contributed by atoms with van der Waals surface area (Å²) in [5.41, 5.74) is 0. The highest BCUT2D eigenvalue weighted by molar-refractivity contribution is 5.94. The summed E-state index contributed by atoms with van der Waals surface area (Å²) in [5, 5.41) is 0. The molecular weight excluding hydrogens is 182 g/mol. The van der Waals surface area contributed by atoms with E-state index in [-0.39, 0.29) is 5.78 Å². The number of aromatic amines is 1. The van der Waals surface area contributed by atoms with Crippen LogP contribution in [0.25, 0.3) is 0 Å². The topological polar surface area (TPSA) is 58.2 Å². The van der Waals surface area contributed by atoms with Crippen molar-refractivity contribution in [1.82, 2.24) is 14.9 Å². The number of morpholine rings is 1. The minimum atomic E-state index is 0.0388. The zero-order valence-electron chi connectivity index (χ0n) is 7.90. The molecule has 5 heteroatoms. The number of aromatic nitrogens is 2. The van der Waals surface area contributed by atoms with E-state index in [1.807, 2.05) is 0 Å². The molecule has 0 saturated carbocycles. The van der Waals surface area contributed by atoms with Gasteiger partial charge in [0.15, 0.2) is 5.82 Å². The molecule has 14 heavy (non-hydrogen) atoms. The van der Waals surface area contributed by atoms with Gasteiger partial charge in [0.05, 0.1) is 19.8 Å². The molecule has 1 N–H and O–H groups in total. The third kappa shape index (κ3) is 2.18. The fourth-order valence-corrected chi connectivity index (χ4v) is 1.46. The Morgan fingerprint density at radius 3 is 3.00 bits per heavy atom. The summed E-state index contributed by atoms with van der Waals surface area (Å²) in [4.78, 5) is 20.4. The molecule has 1 aromatic heterocycles. The molecule has 2 rings (SSSR count). The number of carbonyl (C=O) groups excluding carboxylic acids is 1. The Kier molecular flexibility index (Phi) is 2.90. The van der Waals surface area contributed by atoms with Crippen LogP contribution in [-0.4, -0.2) is 53.5 Å². The maximum absolute atomic E-state index is 11.6. The van der Waals surface area contributed by atoms with E-state index in [1.165, 1.54) is 0 Å². The molecule has 5 nitrogen and oxygen atoms in total. The number of carbonyl (C=O) groups is 1. The van der Waals surface area contributed by atoms with Gasteiger partial charge in [0.1, 0.15) is 0 Å². The van der Waals surface area contributed by atoms with Gasteiger partial charge < -0.3 is 9.72 Å².